The van der Waals surface area contributed by atoms with Crippen LogP contribution in [0.1, 0.15) is 0 Å². The van der Waals surface area contributed by atoms with Gasteiger partial charge in [-0.15, -0.1) is 0 Å². The second-order valence-electron chi connectivity index (χ2n) is 0.947. The monoisotopic (exact) mass is 215 g/mol. The maximum absolute atomic E-state index is 10.2. The van der Waals surface area contributed by atoms with Crippen LogP contribution >= 0.6 is 22.9 Å². The van der Waals surface area contributed by atoms with Crippen LogP contribution in [0.5, 0.6) is 0 Å². The van der Waals surface area contributed by atoms with E-state index in [-0.39, 0.29) is 6.09 Å². The van der Waals surface area contributed by atoms with Crippen LogP contribution in [0.2, 0.25) is 0 Å². The molecule has 0 atom stereocenters. The van der Waals surface area contributed by atoms with Gasteiger partial charge in [0, 0.05) is 7.05 Å². The average Bonchev–Trinajstić information content (AvgIpc) is 1.65. The summed E-state index contributed by atoms with van der Waals surface area (Å²) in [6.07, 6.45) is -0.333. The zero-order chi connectivity index (χ0) is 5.86. The summed E-state index contributed by atoms with van der Waals surface area (Å²) in [7, 11) is 2.96. The molecule has 3 nitrogen and oxygen atoms in total. The normalized spacial score (nSPS) is 7.86. The van der Waals surface area contributed by atoms with Gasteiger partial charge >= 0.3 is 6.09 Å². The SMILES string of the molecule is COC(=O)N(C)I. The van der Waals surface area contributed by atoms with Gasteiger partial charge in [-0.25, -0.2) is 4.79 Å². The van der Waals surface area contributed by atoms with Gasteiger partial charge in [-0.2, -0.15) is 0 Å². The van der Waals surface area contributed by atoms with Crippen molar-refractivity contribution in [2.75, 3.05) is 14.2 Å². The second kappa shape index (κ2) is 3.06. The highest BCUT2D eigenvalue weighted by Gasteiger charge is 1.99. The minimum Gasteiger partial charge on any atom is -0.452 e. The number of ether oxygens (including phenoxy) is 1. The Balaban J connectivity index is 3.35. The summed E-state index contributed by atoms with van der Waals surface area (Å²) >= 11 is 1.83. The highest BCUT2D eigenvalue weighted by molar-refractivity contribution is 14.1. The van der Waals surface area contributed by atoms with Gasteiger partial charge in [0.15, 0.2) is 0 Å². The van der Waals surface area contributed by atoms with Crippen molar-refractivity contribution in [3.05, 3.63) is 0 Å². The lowest BCUT2D eigenvalue weighted by Gasteiger charge is -2.02. The Kier molecular flexibility index (Phi) is 3.06. The number of hydrogen-bond donors (Lipinski definition) is 0. The minimum atomic E-state index is -0.333. The number of methoxy groups -OCH3 is 1. The van der Waals surface area contributed by atoms with Gasteiger partial charge in [-0.1, -0.05) is 0 Å². The van der Waals surface area contributed by atoms with E-state index in [1.807, 2.05) is 22.9 Å². The first-order valence-corrected chi connectivity index (χ1v) is 2.62. The Morgan fingerprint density at radius 1 is 1.86 bits per heavy atom. The predicted molar refractivity (Wildman–Crippen MR) is 34.2 cm³/mol. The third-order valence-electron chi connectivity index (χ3n) is 0.426. The first kappa shape index (κ1) is 7.00. The molecule has 4 heteroatoms. The van der Waals surface area contributed by atoms with Gasteiger partial charge in [-0.3, -0.25) is 3.11 Å². The highest BCUT2D eigenvalue weighted by atomic mass is 127. The smallest absolute Gasteiger partial charge is 0.418 e. The minimum absolute atomic E-state index is 0.333. The molecule has 0 rings (SSSR count). The van der Waals surface area contributed by atoms with Crippen LogP contribution < -0.4 is 0 Å². The summed E-state index contributed by atoms with van der Waals surface area (Å²) in [5.74, 6) is 0. The van der Waals surface area contributed by atoms with Crippen molar-refractivity contribution in [1.82, 2.24) is 3.11 Å². The molecule has 0 spiro atoms. The summed E-state index contributed by atoms with van der Waals surface area (Å²) in [6.45, 7) is 0. The highest BCUT2D eigenvalue weighted by Crippen LogP contribution is 1.93. The van der Waals surface area contributed by atoms with E-state index in [1.165, 1.54) is 10.2 Å². The number of hydrogen-bond acceptors (Lipinski definition) is 2. The number of rotatable bonds is 0. The molecule has 7 heavy (non-hydrogen) atoms. The molecule has 0 radical (unpaired) electrons. The lowest BCUT2D eigenvalue weighted by atomic mass is 11.1. The van der Waals surface area contributed by atoms with Gasteiger partial charge < -0.3 is 4.74 Å². The fourth-order valence-corrected chi connectivity index (χ4v) is 0.323. The van der Waals surface area contributed by atoms with E-state index < -0.39 is 0 Å². The summed E-state index contributed by atoms with van der Waals surface area (Å²) in [5.41, 5.74) is 0. The fraction of sp³-hybridized carbons (Fsp3) is 0.667. The van der Waals surface area contributed by atoms with Crippen molar-refractivity contribution in [2.24, 2.45) is 0 Å². The van der Waals surface area contributed by atoms with E-state index in [2.05, 4.69) is 4.74 Å². The summed E-state index contributed by atoms with van der Waals surface area (Å²) in [4.78, 5) is 10.2. The van der Waals surface area contributed by atoms with E-state index in [4.69, 9.17) is 0 Å². The first-order chi connectivity index (χ1) is 3.18. The Bertz CT molecular complexity index is 73.3. The van der Waals surface area contributed by atoms with Crippen molar-refractivity contribution < 1.29 is 9.53 Å². The van der Waals surface area contributed by atoms with E-state index in [1.54, 1.807) is 7.05 Å². The van der Waals surface area contributed by atoms with Gasteiger partial charge in [-0.05, 0) is 0 Å². The van der Waals surface area contributed by atoms with Crippen LogP contribution in [0.4, 0.5) is 4.79 Å². The molecule has 0 aromatic rings. The van der Waals surface area contributed by atoms with Gasteiger partial charge in [0.1, 0.15) is 0 Å². The molecular formula is C3H6INO2. The molecule has 0 aromatic carbocycles. The van der Waals surface area contributed by atoms with Crippen LogP contribution in [-0.4, -0.2) is 23.4 Å². The summed E-state index contributed by atoms with van der Waals surface area (Å²) in [6, 6.07) is 0. The maximum Gasteiger partial charge on any atom is 0.418 e. The number of halogens is 1. The number of carbonyl (C=O) groups is 1. The largest absolute Gasteiger partial charge is 0.452 e. The van der Waals surface area contributed by atoms with Crippen molar-refractivity contribution in [2.45, 2.75) is 0 Å². The Labute approximate surface area is 56.1 Å². The van der Waals surface area contributed by atoms with Crippen molar-refractivity contribution in [1.29, 1.82) is 0 Å². The van der Waals surface area contributed by atoms with E-state index >= 15 is 0 Å². The molecule has 0 saturated heterocycles. The molecule has 0 bridgehead atoms. The molecular weight excluding hydrogens is 209 g/mol. The predicted octanol–water partition coefficient (Wildman–Crippen LogP) is 1.03. The molecule has 42 valence electrons. The van der Waals surface area contributed by atoms with Crippen LogP contribution in [-0.2, 0) is 4.74 Å². The third kappa shape index (κ3) is 2.67. The van der Waals surface area contributed by atoms with Crippen molar-refractivity contribution in [3.63, 3.8) is 0 Å². The van der Waals surface area contributed by atoms with Crippen LogP contribution in [0, 0.1) is 0 Å². The summed E-state index contributed by atoms with van der Waals surface area (Å²) in [5, 5.41) is 0. The van der Waals surface area contributed by atoms with Crippen LogP contribution in [0.3, 0.4) is 0 Å². The standard InChI is InChI=1S/C3H6INO2/c1-5(4)3(6)7-2/h1-2H3. The third-order valence-corrected chi connectivity index (χ3v) is 0.820. The average molecular weight is 215 g/mol. The van der Waals surface area contributed by atoms with Gasteiger partial charge in [0.2, 0.25) is 0 Å². The van der Waals surface area contributed by atoms with E-state index in [0.29, 0.717) is 0 Å². The Morgan fingerprint density at radius 3 is 2.29 bits per heavy atom. The number of nitrogens with zero attached hydrogens (tertiary/aromatic N) is 1. The summed E-state index contributed by atoms with van der Waals surface area (Å²) < 4.78 is 5.62. The second-order valence-corrected chi connectivity index (χ2v) is 2.39. The molecule has 0 aliphatic carbocycles. The van der Waals surface area contributed by atoms with Crippen molar-refractivity contribution in [3.8, 4) is 0 Å². The van der Waals surface area contributed by atoms with Crippen LogP contribution in [0.25, 0.3) is 0 Å². The molecule has 0 heterocycles. The molecule has 0 N–H and O–H groups in total. The van der Waals surface area contributed by atoms with Crippen LogP contribution in [0.15, 0.2) is 0 Å². The molecule has 0 unspecified atom stereocenters. The zero-order valence-electron chi connectivity index (χ0n) is 4.14. The molecule has 1 amide bonds. The fourth-order valence-electron chi connectivity index (χ4n) is 0.126. The topological polar surface area (TPSA) is 29.5 Å². The van der Waals surface area contributed by atoms with E-state index in [9.17, 15) is 4.79 Å². The quantitative estimate of drug-likeness (QED) is 0.446. The van der Waals surface area contributed by atoms with Gasteiger partial charge in [0.25, 0.3) is 0 Å². The molecule has 0 aromatic heterocycles. The zero-order valence-corrected chi connectivity index (χ0v) is 6.30. The van der Waals surface area contributed by atoms with E-state index in [0.717, 1.165) is 0 Å². The first-order valence-electron chi connectivity index (χ1n) is 1.66. The Hall–Kier alpha value is 0. The molecule has 0 saturated carbocycles. The Morgan fingerprint density at radius 2 is 2.29 bits per heavy atom. The molecule has 0 fully saturated rings. The molecule has 0 aliphatic heterocycles. The number of carbonyl (C=O) groups excluding carboxylic acids is 1. The van der Waals surface area contributed by atoms with Crippen molar-refractivity contribution >= 4 is 29.0 Å². The molecule has 0 aliphatic rings. The number of amides is 1. The lowest BCUT2D eigenvalue weighted by Crippen LogP contribution is -2.14. The lowest BCUT2D eigenvalue weighted by molar-refractivity contribution is 0.160. The maximum atomic E-state index is 10.2. The van der Waals surface area contributed by atoms with Gasteiger partial charge in [0.05, 0.1) is 30.0 Å².